The summed E-state index contributed by atoms with van der Waals surface area (Å²) in [5.74, 6) is -0.811. The molecule has 1 saturated heterocycles. The number of nitrogens with zero attached hydrogens (tertiary/aromatic N) is 2. The molecule has 0 bridgehead atoms. The fraction of sp³-hybridized carbons (Fsp3) is 0.263. The highest BCUT2D eigenvalue weighted by molar-refractivity contribution is 14.1. The highest BCUT2D eigenvalue weighted by Gasteiger charge is 2.36. The second-order valence-corrected chi connectivity index (χ2v) is 7.97. The van der Waals surface area contributed by atoms with Crippen molar-refractivity contribution in [3.05, 3.63) is 51.7 Å². The zero-order valence-corrected chi connectivity index (χ0v) is 16.9. The van der Waals surface area contributed by atoms with Crippen LogP contribution in [-0.4, -0.2) is 56.3 Å². The molecule has 2 aromatic heterocycles. The van der Waals surface area contributed by atoms with E-state index in [0.717, 1.165) is 3.57 Å². The van der Waals surface area contributed by atoms with Gasteiger partial charge in [0.25, 0.3) is 5.91 Å². The molecular weight excluding hydrogens is 478 g/mol. The number of amides is 1. The number of fused-ring (bicyclic) bond motifs is 1. The summed E-state index contributed by atoms with van der Waals surface area (Å²) in [6, 6.07) is 6.03. The molecule has 0 aliphatic carbocycles. The third-order valence-corrected chi connectivity index (χ3v) is 5.54. The van der Waals surface area contributed by atoms with Crippen molar-refractivity contribution in [1.82, 2.24) is 14.9 Å². The summed E-state index contributed by atoms with van der Waals surface area (Å²) >= 11 is 2.03. The van der Waals surface area contributed by atoms with Crippen LogP contribution in [0, 0.1) is 9.39 Å². The number of halogens is 2. The number of carbonyl (C=O) groups excluding carboxylic acids is 1. The molecule has 9 heteroatoms. The number of anilines is 2. The summed E-state index contributed by atoms with van der Waals surface area (Å²) in [6.45, 7) is -0.103. The molecule has 1 fully saturated rings. The second-order valence-electron chi connectivity index (χ2n) is 6.73. The maximum Gasteiger partial charge on any atom is 0.272 e. The smallest absolute Gasteiger partial charge is 0.272 e. The van der Waals surface area contributed by atoms with Gasteiger partial charge in [0.05, 0.1) is 35.6 Å². The van der Waals surface area contributed by atoms with Gasteiger partial charge in [0.2, 0.25) is 0 Å². The van der Waals surface area contributed by atoms with Gasteiger partial charge in [-0.05, 0) is 53.3 Å². The Kier molecular flexibility index (Phi) is 5.21. The summed E-state index contributed by atoms with van der Waals surface area (Å²) in [5, 5.41) is 23.1. The van der Waals surface area contributed by atoms with Gasteiger partial charge in [0.1, 0.15) is 11.5 Å². The minimum absolute atomic E-state index is 0.134. The van der Waals surface area contributed by atoms with Crippen molar-refractivity contribution in [3.63, 3.8) is 0 Å². The fourth-order valence-electron chi connectivity index (χ4n) is 3.51. The Bertz CT molecular complexity index is 1040. The molecule has 2 atom stereocenters. The first-order valence-corrected chi connectivity index (χ1v) is 9.83. The lowest BCUT2D eigenvalue weighted by Crippen LogP contribution is -2.38. The number of aromatic nitrogens is 2. The molecule has 7 nitrogen and oxygen atoms in total. The average Bonchev–Trinajstić information content (AvgIpc) is 3.24. The standard InChI is InChI=1S/C19H18FIN4O3/c20-14-5-10(21)1-2-16(14)24-17-13-7-22-4-3-15(13)23-18(17)19(28)25-8-12(27)6-11(25)9-26/h1-5,7,11-12,23-24,26-27H,6,8-9H2/t11-,12+/m0/s1. The molecule has 3 heterocycles. The van der Waals surface area contributed by atoms with E-state index in [4.69, 9.17) is 0 Å². The van der Waals surface area contributed by atoms with E-state index in [9.17, 15) is 19.4 Å². The monoisotopic (exact) mass is 496 g/mol. The number of H-pyrrole nitrogens is 1. The lowest BCUT2D eigenvalue weighted by molar-refractivity contribution is 0.0661. The Morgan fingerprint density at radius 3 is 3.00 bits per heavy atom. The zero-order chi connectivity index (χ0) is 19.8. The minimum Gasteiger partial charge on any atom is -0.394 e. The van der Waals surface area contributed by atoms with E-state index in [-0.39, 0.29) is 30.4 Å². The van der Waals surface area contributed by atoms with Crippen LogP contribution in [0.1, 0.15) is 16.9 Å². The first-order valence-electron chi connectivity index (χ1n) is 8.75. The van der Waals surface area contributed by atoms with E-state index >= 15 is 0 Å². The Balaban J connectivity index is 1.78. The number of likely N-dealkylation sites (tertiary alicyclic amines) is 1. The topological polar surface area (TPSA) is 101 Å². The van der Waals surface area contributed by atoms with Crippen LogP contribution in [0.15, 0.2) is 36.7 Å². The summed E-state index contributed by atoms with van der Waals surface area (Å²) in [4.78, 5) is 21.8. The molecule has 0 unspecified atom stereocenters. The molecule has 4 N–H and O–H groups in total. The number of nitrogens with one attached hydrogen (secondary N) is 2. The molecule has 1 aliphatic heterocycles. The third-order valence-electron chi connectivity index (χ3n) is 4.87. The number of aromatic amines is 1. The molecule has 28 heavy (non-hydrogen) atoms. The van der Waals surface area contributed by atoms with Gasteiger partial charge in [0.15, 0.2) is 0 Å². The van der Waals surface area contributed by atoms with Crippen LogP contribution in [0.3, 0.4) is 0 Å². The van der Waals surface area contributed by atoms with E-state index in [1.807, 2.05) is 22.6 Å². The van der Waals surface area contributed by atoms with Gasteiger partial charge in [0, 0.05) is 27.9 Å². The number of carbonyl (C=O) groups is 1. The largest absolute Gasteiger partial charge is 0.394 e. The van der Waals surface area contributed by atoms with Gasteiger partial charge in [-0.2, -0.15) is 0 Å². The highest BCUT2D eigenvalue weighted by Crippen LogP contribution is 2.33. The molecule has 0 radical (unpaired) electrons. The number of pyridine rings is 1. The lowest BCUT2D eigenvalue weighted by atomic mass is 10.2. The quantitative estimate of drug-likeness (QED) is 0.417. The third kappa shape index (κ3) is 3.45. The van der Waals surface area contributed by atoms with Crippen molar-refractivity contribution in [1.29, 1.82) is 0 Å². The van der Waals surface area contributed by atoms with Crippen LogP contribution in [-0.2, 0) is 0 Å². The maximum absolute atomic E-state index is 14.4. The molecule has 1 aromatic carbocycles. The van der Waals surface area contributed by atoms with Crippen molar-refractivity contribution in [2.24, 2.45) is 0 Å². The van der Waals surface area contributed by atoms with Crippen LogP contribution in [0.4, 0.5) is 15.8 Å². The molecular formula is C19H18FIN4O3. The van der Waals surface area contributed by atoms with Crippen LogP contribution in [0.2, 0.25) is 0 Å². The predicted molar refractivity (Wildman–Crippen MR) is 111 cm³/mol. The number of benzene rings is 1. The van der Waals surface area contributed by atoms with Gasteiger partial charge in [-0.25, -0.2) is 4.39 Å². The van der Waals surface area contributed by atoms with Gasteiger partial charge in [-0.1, -0.05) is 0 Å². The van der Waals surface area contributed by atoms with Crippen LogP contribution in [0.5, 0.6) is 0 Å². The molecule has 1 amide bonds. The fourth-order valence-corrected chi connectivity index (χ4v) is 3.96. The highest BCUT2D eigenvalue weighted by atomic mass is 127. The van der Waals surface area contributed by atoms with E-state index in [0.29, 0.717) is 23.0 Å². The number of aliphatic hydroxyl groups is 2. The summed E-state index contributed by atoms with van der Waals surface area (Å²) in [6.07, 6.45) is 2.83. The van der Waals surface area contributed by atoms with Gasteiger partial charge < -0.3 is 25.4 Å². The molecule has 4 rings (SSSR count). The van der Waals surface area contributed by atoms with E-state index in [2.05, 4.69) is 15.3 Å². The molecule has 1 aliphatic rings. The summed E-state index contributed by atoms with van der Waals surface area (Å²) in [7, 11) is 0. The lowest BCUT2D eigenvalue weighted by Gasteiger charge is -2.23. The predicted octanol–water partition coefficient (Wildman–Crippen LogP) is 2.62. The van der Waals surface area contributed by atoms with Gasteiger partial charge in [-0.15, -0.1) is 0 Å². The Morgan fingerprint density at radius 2 is 2.25 bits per heavy atom. The van der Waals surface area contributed by atoms with Crippen molar-refractivity contribution in [2.45, 2.75) is 18.6 Å². The number of β-amino-alcohol motifs (C(OH)–C–C–N with tert-alkyl or cyclic N) is 1. The Labute approximate surface area is 173 Å². The number of aliphatic hydroxyl groups excluding tert-OH is 2. The zero-order valence-electron chi connectivity index (χ0n) is 14.7. The summed E-state index contributed by atoms with van der Waals surface area (Å²) in [5.41, 5.74) is 1.55. The van der Waals surface area contributed by atoms with E-state index in [1.165, 1.54) is 11.0 Å². The van der Waals surface area contributed by atoms with E-state index < -0.39 is 18.0 Å². The normalized spacial score (nSPS) is 19.4. The molecule has 3 aromatic rings. The summed E-state index contributed by atoms with van der Waals surface area (Å²) < 4.78 is 15.1. The van der Waals surface area contributed by atoms with E-state index in [1.54, 1.807) is 30.6 Å². The van der Waals surface area contributed by atoms with Crippen molar-refractivity contribution < 1.29 is 19.4 Å². The van der Waals surface area contributed by atoms with Crippen LogP contribution < -0.4 is 5.32 Å². The number of hydrogen-bond donors (Lipinski definition) is 4. The second kappa shape index (κ2) is 7.64. The van der Waals surface area contributed by atoms with Gasteiger partial charge >= 0.3 is 0 Å². The average molecular weight is 496 g/mol. The Hall–Kier alpha value is -2.24. The maximum atomic E-state index is 14.4. The number of rotatable bonds is 4. The van der Waals surface area contributed by atoms with Crippen molar-refractivity contribution in [3.8, 4) is 0 Å². The van der Waals surface area contributed by atoms with Crippen LogP contribution >= 0.6 is 22.6 Å². The molecule has 146 valence electrons. The minimum atomic E-state index is -0.683. The SMILES string of the molecule is O=C(c1[nH]c2ccncc2c1Nc1ccc(I)cc1F)N1C[C@H](O)C[C@H]1CO. The first-order chi connectivity index (χ1) is 13.5. The Morgan fingerprint density at radius 1 is 1.43 bits per heavy atom. The van der Waals surface area contributed by atoms with Crippen LogP contribution in [0.25, 0.3) is 10.9 Å². The van der Waals surface area contributed by atoms with Crippen molar-refractivity contribution in [2.75, 3.05) is 18.5 Å². The van der Waals surface area contributed by atoms with Gasteiger partial charge in [-0.3, -0.25) is 9.78 Å². The first kappa shape index (κ1) is 19.1. The molecule has 0 spiro atoms. The van der Waals surface area contributed by atoms with Crippen molar-refractivity contribution >= 4 is 50.8 Å². The number of hydrogen-bond acceptors (Lipinski definition) is 5. The molecule has 0 saturated carbocycles.